The van der Waals surface area contributed by atoms with Gasteiger partial charge in [0.15, 0.2) is 11.5 Å². The molecule has 0 saturated carbocycles. The van der Waals surface area contributed by atoms with E-state index in [4.69, 9.17) is 18.9 Å². The monoisotopic (exact) mass is 384 g/mol. The van der Waals surface area contributed by atoms with Crippen molar-refractivity contribution in [3.05, 3.63) is 47.0 Å². The molecule has 0 radical (unpaired) electrons. The fourth-order valence-electron chi connectivity index (χ4n) is 3.97. The number of hydrogen-bond donors (Lipinski definition) is 1. The van der Waals surface area contributed by atoms with Crippen molar-refractivity contribution < 1.29 is 24.2 Å². The molecule has 7 nitrogen and oxygen atoms in total. The first-order chi connectivity index (χ1) is 13.7. The highest BCUT2D eigenvalue weighted by Gasteiger charge is 2.34. The third-order valence-corrected chi connectivity index (χ3v) is 5.48. The number of hydrogen-bond acceptors (Lipinski definition) is 7. The van der Waals surface area contributed by atoms with Crippen molar-refractivity contribution >= 4 is 5.71 Å². The van der Waals surface area contributed by atoms with Crippen LogP contribution in [0.15, 0.2) is 35.5 Å². The summed E-state index contributed by atoms with van der Waals surface area (Å²) in [6.45, 7) is 1.09. The van der Waals surface area contributed by atoms with Crippen LogP contribution in [0.2, 0.25) is 0 Å². The Morgan fingerprint density at radius 2 is 2.00 bits per heavy atom. The second kappa shape index (κ2) is 7.59. The summed E-state index contributed by atoms with van der Waals surface area (Å²) in [5.41, 5.74) is 3.70. The number of methoxy groups -OCH3 is 2. The molecule has 2 aliphatic rings. The molecule has 2 heterocycles. The van der Waals surface area contributed by atoms with E-state index in [2.05, 4.69) is 17.1 Å². The van der Waals surface area contributed by atoms with Crippen LogP contribution in [0, 0.1) is 0 Å². The molecule has 0 bridgehead atoms. The number of rotatable bonds is 5. The average Bonchev–Trinajstić information content (AvgIpc) is 3.20. The van der Waals surface area contributed by atoms with Gasteiger partial charge < -0.3 is 24.2 Å². The molecule has 0 saturated heterocycles. The lowest BCUT2D eigenvalue weighted by Gasteiger charge is -2.36. The minimum Gasteiger partial charge on any atom is -0.497 e. The Balaban J connectivity index is 1.72. The van der Waals surface area contributed by atoms with Gasteiger partial charge in [-0.2, -0.15) is 0 Å². The van der Waals surface area contributed by atoms with Crippen molar-refractivity contribution in [2.24, 2.45) is 5.16 Å². The topological polar surface area (TPSA) is 72.8 Å². The fourth-order valence-corrected chi connectivity index (χ4v) is 3.97. The van der Waals surface area contributed by atoms with Crippen LogP contribution in [0.1, 0.15) is 29.2 Å². The molecule has 2 aliphatic heterocycles. The van der Waals surface area contributed by atoms with Gasteiger partial charge in [-0.3, -0.25) is 4.90 Å². The van der Waals surface area contributed by atoms with Crippen LogP contribution in [-0.4, -0.2) is 50.4 Å². The summed E-state index contributed by atoms with van der Waals surface area (Å²) in [6, 6.07) is 9.54. The standard InChI is InChI=1S/C21H24N2O5/c1-23-9-8-14-10-18-20(28-12-27-18)21(26-3)19(14)17(23)11-16(22-24)13-4-6-15(25-2)7-5-13/h4-7,10,17,24H,8-9,11-12H2,1-3H3/t17-/m0/s1. The van der Waals surface area contributed by atoms with Gasteiger partial charge in [0, 0.05) is 24.6 Å². The molecule has 4 rings (SSSR count). The summed E-state index contributed by atoms with van der Waals surface area (Å²) in [5.74, 6) is 2.84. The Kier molecular flexibility index (Phi) is 5.00. The van der Waals surface area contributed by atoms with Crippen LogP contribution in [0.25, 0.3) is 0 Å². The van der Waals surface area contributed by atoms with Crippen LogP contribution in [-0.2, 0) is 6.42 Å². The van der Waals surface area contributed by atoms with Crippen LogP contribution in [0.4, 0.5) is 0 Å². The lowest BCUT2D eigenvalue weighted by atomic mass is 9.87. The van der Waals surface area contributed by atoms with E-state index >= 15 is 0 Å². The number of ether oxygens (including phenoxy) is 4. The largest absolute Gasteiger partial charge is 0.497 e. The maximum atomic E-state index is 9.71. The fraction of sp³-hybridized carbons (Fsp3) is 0.381. The van der Waals surface area contributed by atoms with E-state index in [-0.39, 0.29) is 12.8 Å². The lowest BCUT2D eigenvalue weighted by molar-refractivity contribution is 0.170. The van der Waals surface area contributed by atoms with Crippen LogP contribution in [0.5, 0.6) is 23.0 Å². The number of oxime groups is 1. The highest BCUT2D eigenvalue weighted by molar-refractivity contribution is 6.00. The van der Waals surface area contributed by atoms with E-state index in [0.29, 0.717) is 23.6 Å². The summed E-state index contributed by atoms with van der Waals surface area (Å²) >= 11 is 0. The maximum Gasteiger partial charge on any atom is 0.231 e. The van der Waals surface area contributed by atoms with Crippen LogP contribution in [0.3, 0.4) is 0 Å². The smallest absolute Gasteiger partial charge is 0.231 e. The Bertz CT molecular complexity index is 895. The van der Waals surface area contributed by atoms with Gasteiger partial charge >= 0.3 is 0 Å². The zero-order valence-electron chi connectivity index (χ0n) is 16.3. The minimum absolute atomic E-state index is 0.0128. The first-order valence-electron chi connectivity index (χ1n) is 9.21. The van der Waals surface area contributed by atoms with Gasteiger partial charge in [-0.05, 0) is 54.9 Å². The Hall–Kier alpha value is -2.93. The summed E-state index contributed by atoms with van der Waals surface area (Å²) in [5, 5.41) is 13.3. The molecule has 148 valence electrons. The van der Waals surface area contributed by atoms with Gasteiger partial charge in [-0.25, -0.2) is 0 Å². The predicted octanol–water partition coefficient (Wildman–Crippen LogP) is 3.23. The normalized spacial score (nSPS) is 18.7. The molecule has 2 aromatic rings. The Labute approximate surface area is 164 Å². The van der Waals surface area contributed by atoms with Crippen molar-refractivity contribution in [2.45, 2.75) is 18.9 Å². The molecule has 1 atom stereocenters. The number of fused-ring (bicyclic) bond motifs is 2. The molecule has 7 heteroatoms. The van der Waals surface area contributed by atoms with Gasteiger partial charge in [-0.15, -0.1) is 0 Å². The summed E-state index contributed by atoms with van der Waals surface area (Å²) in [7, 11) is 5.34. The quantitative estimate of drug-likeness (QED) is 0.485. The third-order valence-electron chi connectivity index (χ3n) is 5.48. The van der Waals surface area contributed by atoms with Gasteiger partial charge in [0.25, 0.3) is 0 Å². The SMILES string of the molecule is COc1ccc(C(C[C@H]2c3c(cc4c(c3OC)OCO4)CCN2C)=NO)cc1. The van der Waals surface area contributed by atoms with E-state index in [1.54, 1.807) is 14.2 Å². The molecule has 0 aliphatic carbocycles. The lowest BCUT2D eigenvalue weighted by Crippen LogP contribution is -2.34. The van der Waals surface area contributed by atoms with Crippen LogP contribution < -0.4 is 18.9 Å². The predicted molar refractivity (Wildman–Crippen MR) is 104 cm³/mol. The molecule has 2 aromatic carbocycles. The zero-order valence-corrected chi connectivity index (χ0v) is 16.3. The van der Waals surface area contributed by atoms with Crippen molar-refractivity contribution in [3.63, 3.8) is 0 Å². The molecule has 1 N–H and O–H groups in total. The molecule has 0 fully saturated rings. The highest BCUT2D eigenvalue weighted by Crippen LogP contribution is 2.50. The molecule has 0 spiro atoms. The average molecular weight is 384 g/mol. The van der Waals surface area contributed by atoms with Gasteiger partial charge in [0.1, 0.15) is 5.75 Å². The molecular weight excluding hydrogens is 360 g/mol. The Morgan fingerprint density at radius 3 is 2.68 bits per heavy atom. The molecular formula is C21H24N2O5. The second-order valence-electron chi connectivity index (χ2n) is 6.94. The number of likely N-dealkylation sites (N-methyl/N-ethyl adjacent to an activating group) is 1. The zero-order chi connectivity index (χ0) is 19.7. The summed E-state index contributed by atoms with van der Waals surface area (Å²) in [4.78, 5) is 2.25. The first-order valence-corrected chi connectivity index (χ1v) is 9.21. The van der Waals surface area contributed by atoms with Gasteiger partial charge in [0.2, 0.25) is 12.5 Å². The minimum atomic E-state index is -0.0128. The molecule has 28 heavy (non-hydrogen) atoms. The van der Waals surface area contributed by atoms with Crippen molar-refractivity contribution in [2.75, 3.05) is 34.6 Å². The van der Waals surface area contributed by atoms with Crippen molar-refractivity contribution in [1.82, 2.24) is 4.90 Å². The van der Waals surface area contributed by atoms with Crippen molar-refractivity contribution in [1.29, 1.82) is 0 Å². The van der Waals surface area contributed by atoms with Gasteiger partial charge in [0.05, 0.1) is 19.9 Å². The van der Waals surface area contributed by atoms with E-state index in [1.165, 1.54) is 5.56 Å². The molecule has 0 unspecified atom stereocenters. The number of benzene rings is 2. The first kappa shape index (κ1) is 18.4. The van der Waals surface area contributed by atoms with Crippen LogP contribution >= 0.6 is 0 Å². The van der Waals surface area contributed by atoms with E-state index in [9.17, 15) is 5.21 Å². The van der Waals surface area contributed by atoms with E-state index in [0.717, 1.165) is 35.6 Å². The highest BCUT2D eigenvalue weighted by atomic mass is 16.7. The van der Waals surface area contributed by atoms with Gasteiger partial charge in [-0.1, -0.05) is 5.16 Å². The molecule has 0 aromatic heterocycles. The maximum absolute atomic E-state index is 9.71. The third kappa shape index (κ3) is 3.11. The number of nitrogens with zero attached hydrogens (tertiary/aromatic N) is 2. The van der Waals surface area contributed by atoms with Crippen molar-refractivity contribution in [3.8, 4) is 23.0 Å². The van der Waals surface area contributed by atoms with E-state index in [1.807, 2.05) is 30.3 Å². The second-order valence-corrected chi connectivity index (χ2v) is 6.94. The molecule has 0 amide bonds. The summed E-state index contributed by atoms with van der Waals surface area (Å²) < 4.78 is 22.2. The van der Waals surface area contributed by atoms with E-state index < -0.39 is 0 Å². The Morgan fingerprint density at radius 1 is 1.21 bits per heavy atom. The summed E-state index contributed by atoms with van der Waals surface area (Å²) in [6.07, 6.45) is 1.42.